The maximum absolute atomic E-state index is 3.79. The molecule has 0 saturated heterocycles. The third kappa shape index (κ3) is 2.60. The van der Waals surface area contributed by atoms with Crippen molar-refractivity contribution >= 4 is 10.8 Å². The molecule has 110 valence electrons. The smallest absolute Gasteiger partial charge is 0.0292 e. The number of fused-ring (bicyclic) bond motifs is 3. The molecule has 2 aromatic rings. The Morgan fingerprint density at radius 3 is 2.67 bits per heavy atom. The summed E-state index contributed by atoms with van der Waals surface area (Å²) in [5.41, 5.74) is 1.41. The quantitative estimate of drug-likeness (QED) is 0.837. The molecule has 0 aromatic heterocycles. The molecule has 4 rings (SSSR count). The molecule has 0 spiro atoms. The molecule has 21 heavy (non-hydrogen) atoms. The van der Waals surface area contributed by atoms with Gasteiger partial charge in [0.1, 0.15) is 0 Å². The SMILES string of the molecule is CC(NCC1CC2CCC1C2)c1ccc2ccccc2c1. The zero-order chi connectivity index (χ0) is 14.2. The van der Waals surface area contributed by atoms with E-state index in [1.54, 1.807) is 0 Å². The van der Waals surface area contributed by atoms with Crippen LogP contribution in [0, 0.1) is 17.8 Å². The Kier molecular flexibility index (Phi) is 3.46. The van der Waals surface area contributed by atoms with Crippen LogP contribution in [-0.2, 0) is 0 Å². The Bertz CT molecular complexity index is 633. The van der Waals surface area contributed by atoms with Crippen LogP contribution in [0.25, 0.3) is 10.8 Å². The van der Waals surface area contributed by atoms with Crippen molar-refractivity contribution in [2.24, 2.45) is 17.8 Å². The second kappa shape index (κ2) is 5.46. The summed E-state index contributed by atoms with van der Waals surface area (Å²) in [6.07, 6.45) is 5.97. The molecule has 2 bridgehead atoms. The lowest BCUT2D eigenvalue weighted by molar-refractivity contribution is 0.309. The van der Waals surface area contributed by atoms with Gasteiger partial charge in [0.15, 0.2) is 0 Å². The van der Waals surface area contributed by atoms with E-state index in [9.17, 15) is 0 Å². The molecule has 0 aliphatic heterocycles. The Morgan fingerprint density at radius 2 is 1.90 bits per heavy atom. The minimum absolute atomic E-state index is 0.453. The van der Waals surface area contributed by atoms with E-state index in [0.29, 0.717) is 6.04 Å². The maximum Gasteiger partial charge on any atom is 0.0292 e. The molecule has 4 atom stereocenters. The molecule has 2 aromatic carbocycles. The van der Waals surface area contributed by atoms with Gasteiger partial charge in [-0.05, 0) is 72.9 Å². The van der Waals surface area contributed by atoms with E-state index < -0.39 is 0 Å². The van der Waals surface area contributed by atoms with Crippen LogP contribution in [0.1, 0.15) is 44.2 Å². The number of rotatable bonds is 4. The second-order valence-electron chi connectivity index (χ2n) is 7.17. The lowest BCUT2D eigenvalue weighted by Gasteiger charge is -2.24. The van der Waals surface area contributed by atoms with Crippen molar-refractivity contribution in [1.29, 1.82) is 0 Å². The fourth-order valence-corrected chi connectivity index (χ4v) is 4.55. The molecule has 0 radical (unpaired) electrons. The first-order chi connectivity index (χ1) is 10.3. The molecule has 1 heteroatoms. The van der Waals surface area contributed by atoms with Crippen molar-refractivity contribution in [3.05, 3.63) is 48.0 Å². The third-order valence-corrected chi connectivity index (χ3v) is 5.84. The minimum atomic E-state index is 0.453. The van der Waals surface area contributed by atoms with E-state index in [1.807, 2.05) is 0 Å². The summed E-state index contributed by atoms with van der Waals surface area (Å²) < 4.78 is 0. The Morgan fingerprint density at radius 1 is 1.05 bits per heavy atom. The molecular weight excluding hydrogens is 254 g/mol. The normalized spacial score (nSPS) is 29.1. The molecule has 1 N–H and O–H groups in total. The molecule has 2 fully saturated rings. The van der Waals surface area contributed by atoms with E-state index in [1.165, 1.54) is 48.6 Å². The van der Waals surface area contributed by atoms with Crippen LogP contribution in [0.15, 0.2) is 42.5 Å². The Hall–Kier alpha value is -1.34. The van der Waals surface area contributed by atoms with Crippen LogP contribution in [0.3, 0.4) is 0 Å². The Balaban J connectivity index is 1.42. The molecular formula is C20H25N. The van der Waals surface area contributed by atoms with Crippen molar-refractivity contribution in [3.63, 3.8) is 0 Å². The topological polar surface area (TPSA) is 12.0 Å². The van der Waals surface area contributed by atoms with Crippen LogP contribution in [0.5, 0.6) is 0 Å². The molecule has 0 heterocycles. The predicted octanol–water partition coefficient (Wildman–Crippen LogP) is 4.93. The summed E-state index contributed by atoms with van der Waals surface area (Å²) >= 11 is 0. The highest BCUT2D eigenvalue weighted by Crippen LogP contribution is 2.48. The predicted molar refractivity (Wildman–Crippen MR) is 89.3 cm³/mol. The monoisotopic (exact) mass is 279 g/mol. The van der Waals surface area contributed by atoms with E-state index >= 15 is 0 Å². The fourth-order valence-electron chi connectivity index (χ4n) is 4.55. The van der Waals surface area contributed by atoms with Crippen LogP contribution >= 0.6 is 0 Å². The second-order valence-corrected chi connectivity index (χ2v) is 7.17. The van der Waals surface area contributed by atoms with Gasteiger partial charge in [0, 0.05) is 6.04 Å². The van der Waals surface area contributed by atoms with Gasteiger partial charge in [-0.1, -0.05) is 42.8 Å². The van der Waals surface area contributed by atoms with Crippen LogP contribution in [0.2, 0.25) is 0 Å². The van der Waals surface area contributed by atoms with Gasteiger partial charge in [0.05, 0.1) is 0 Å². The number of hydrogen-bond donors (Lipinski definition) is 1. The largest absolute Gasteiger partial charge is 0.310 e. The van der Waals surface area contributed by atoms with Gasteiger partial charge in [-0.3, -0.25) is 0 Å². The highest BCUT2D eigenvalue weighted by Gasteiger charge is 2.39. The summed E-state index contributed by atoms with van der Waals surface area (Å²) in [5, 5.41) is 6.48. The van der Waals surface area contributed by atoms with Gasteiger partial charge in [0.25, 0.3) is 0 Å². The maximum atomic E-state index is 3.79. The van der Waals surface area contributed by atoms with Gasteiger partial charge in [-0.15, -0.1) is 0 Å². The average molecular weight is 279 g/mol. The first kappa shape index (κ1) is 13.3. The summed E-state index contributed by atoms with van der Waals surface area (Å²) in [6, 6.07) is 16.0. The summed E-state index contributed by atoms with van der Waals surface area (Å²) in [7, 11) is 0. The van der Waals surface area contributed by atoms with E-state index in [0.717, 1.165) is 17.8 Å². The third-order valence-electron chi connectivity index (χ3n) is 5.84. The van der Waals surface area contributed by atoms with Gasteiger partial charge >= 0.3 is 0 Å². The average Bonchev–Trinajstić information content (AvgIpc) is 3.15. The van der Waals surface area contributed by atoms with E-state index in [-0.39, 0.29) is 0 Å². The van der Waals surface area contributed by atoms with Crippen molar-refractivity contribution in [1.82, 2.24) is 5.32 Å². The lowest BCUT2D eigenvalue weighted by Crippen LogP contribution is -2.28. The van der Waals surface area contributed by atoms with Gasteiger partial charge in [-0.2, -0.15) is 0 Å². The number of hydrogen-bond acceptors (Lipinski definition) is 1. The van der Waals surface area contributed by atoms with Crippen LogP contribution in [0.4, 0.5) is 0 Å². The highest BCUT2D eigenvalue weighted by atomic mass is 14.9. The van der Waals surface area contributed by atoms with Gasteiger partial charge in [0.2, 0.25) is 0 Å². The molecule has 1 nitrogen and oxygen atoms in total. The molecule has 2 aliphatic carbocycles. The van der Waals surface area contributed by atoms with Crippen molar-refractivity contribution in [3.8, 4) is 0 Å². The molecule has 2 saturated carbocycles. The molecule has 4 unspecified atom stereocenters. The highest BCUT2D eigenvalue weighted by molar-refractivity contribution is 5.83. The zero-order valence-electron chi connectivity index (χ0n) is 12.9. The first-order valence-electron chi connectivity index (χ1n) is 8.51. The zero-order valence-corrected chi connectivity index (χ0v) is 12.9. The van der Waals surface area contributed by atoms with E-state index in [2.05, 4.69) is 54.7 Å². The van der Waals surface area contributed by atoms with Crippen LogP contribution < -0.4 is 5.32 Å². The first-order valence-corrected chi connectivity index (χ1v) is 8.51. The van der Waals surface area contributed by atoms with Gasteiger partial charge in [-0.25, -0.2) is 0 Å². The summed E-state index contributed by atoms with van der Waals surface area (Å²) in [6.45, 7) is 3.51. The van der Waals surface area contributed by atoms with Crippen molar-refractivity contribution in [2.75, 3.05) is 6.54 Å². The van der Waals surface area contributed by atoms with Crippen molar-refractivity contribution in [2.45, 2.75) is 38.6 Å². The standard InChI is InChI=1S/C20H25N/c1-14(21-13-20-11-15-6-7-19(20)10-15)17-9-8-16-4-2-3-5-18(16)12-17/h2-5,8-9,12,14-15,19-21H,6-7,10-11,13H2,1H3. The summed E-state index contributed by atoms with van der Waals surface area (Å²) in [5.74, 6) is 3.01. The van der Waals surface area contributed by atoms with E-state index in [4.69, 9.17) is 0 Å². The molecule has 0 amide bonds. The van der Waals surface area contributed by atoms with Crippen LogP contribution in [-0.4, -0.2) is 6.54 Å². The van der Waals surface area contributed by atoms with Gasteiger partial charge < -0.3 is 5.32 Å². The van der Waals surface area contributed by atoms with Crippen molar-refractivity contribution < 1.29 is 0 Å². The molecule has 2 aliphatic rings. The Labute approximate surface area is 127 Å². The number of benzene rings is 2. The lowest BCUT2D eigenvalue weighted by atomic mass is 9.88. The summed E-state index contributed by atoms with van der Waals surface area (Å²) in [4.78, 5) is 0. The minimum Gasteiger partial charge on any atom is -0.310 e. The number of nitrogens with one attached hydrogen (secondary N) is 1. The fraction of sp³-hybridized carbons (Fsp3) is 0.500.